The highest BCUT2D eigenvalue weighted by Crippen LogP contribution is 2.27. The highest BCUT2D eigenvalue weighted by Gasteiger charge is 2.49. The molecule has 4 nitrogen and oxygen atoms in total. The van der Waals surface area contributed by atoms with Crippen LogP contribution in [0.25, 0.3) is 0 Å². The van der Waals surface area contributed by atoms with Crippen molar-refractivity contribution in [2.45, 2.75) is 45.5 Å². The van der Waals surface area contributed by atoms with Gasteiger partial charge in [-0.25, -0.2) is 4.79 Å². The van der Waals surface area contributed by atoms with Gasteiger partial charge in [-0.1, -0.05) is 20.8 Å². The molecule has 1 N–H and O–H groups in total. The van der Waals surface area contributed by atoms with E-state index in [0.717, 1.165) is 7.11 Å². The number of aliphatic hydroxyl groups is 1. The van der Waals surface area contributed by atoms with Crippen LogP contribution in [0.4, 0.5) is 8.78 Å². The summed E-state index contributed by atoms with van der Waals surface area (Å²) in [6.07, 6.45) is -3.12. The Morgan fingerprint density at radius 1 is 1.44 bits per heavy atom. The van der Waals surface area contributed by atoms with Crippen LogP contribution < -0.4 is 0 Å². The standard InChI is InChI=1S/C10H18F2O4/c1-5-7(16-8(13)6(2)3)10(11,12)9(14)15-4/h6-8,13H,5H2,1-4H3. The highest BCUT2D eigenvalue weighted by atomic mass is 19.3. The van der Waals surface area contributed by atoms with Crippen molar-refractivity contribution in [1.82, 2.24) is 0 Å². The number of hydrogen-bond acceptors (Lipinski definition) is 4. The lowest BCUT2D eigenvalue weighted by Gasteiger charge is -2.27. The SMILES string of the molecule is CCC(OC(O)C(C)C)C(F)(F)C(=O)OC. The molecular formula is C10H18F2O4. The van der Waals surface area contributed by atoms with Crippen LogP contribution in [0.1, 0.15) is 27.2 Å². The number of carbonyl (C=O) groups excluding carboxylic acids is 1. The van der Waals surface area contributed by atoms with Gasteiger partial charge in [0.05, 0.1) is 7.11 Å². The summed E-state index contributed by atoms with van der Waals surface area (Å²) in [4.78, 5) is 10.9. The summed E-state index contributed by atoms with van der Waals surface area (Å²) in [5, 5.41) is 9.34. The van der Waals surface area contributed by atoms with E-state index in [1.165, 1.54) is 6.92 Å². The first-order chi connectivity index (χ1) is 7.27. The Labute approximate surface area is 93.5 Å². The van der Waals surface area contributed by atoms with Gasteiger partial charge < -0.3 is 14.6 Å². The maximum Gasteiger partial charge on any atom is 0.379 e. The van der Waals surface area contributed by atoms with E-state index < -0.39 is 24.3 Å². The van der Waals surface area contributed by atoms with Gasteiger partial charge in [0.15, 0.2) is 6.29 Å². The number of halogens is 2. The largest absolute Gasteiger partial charge is 0.465 e. The van der Waals surface area contributed by atoms with Crippen LogP contribution in [0.3, 0.4) is 0 Å². The number of hydrogen-bond donors (Lipinski definition) is 1. The molecule has 0 aromatic rings. The minimum atomic E-state index is -3.75. The van der Waals surface area contributed by atoms with Crippen LogP contribution in [-0.4, -0.2) is 36.5 Å². The maximum absolute atomic E-state index is 13.4. The van der Waals surface area contributed by atoms with Crippen LogP contribution in [0.5, 0.6) is 0 Å². The van der Waals surface area contributed by atoms with Gasteiger partial charge in [0.1, 0.15) is 6.10 Å². The summed E-state index contributed by atoms with van der Waals surface area (Å²) in [6.45, 7) is 4.68. The molecule has 0 amide bonds. The van der Waals surface area contributed by atoms with Gasteiger partial charge in [0, 0.05) is 5.92 Å². The minimum absolute atomic E-state index is 0.105. The third kappa shape index (κ3) is 3.68. The van der Waals surface area contributed by atoms with Gasteiger partial charge in [-0.15, -0.1) is 0 Å². The topological polar surface area (TPSA) is 55.8 Å². The van der Waals surface area contributed by atoms with E-state index in [-0.39, 0.29) is 12.3 Å². The van der Waals surface area contributed by atoms with Crippen molar-refractivity contribution < 1.29 is 28.2 Å². The van der Waals surface area contributed by atoms with Crippen molar-refractivity contribution >= 4 is 5.97 Å². The predicted molar refractivity (Wildman–Crippen MR) is 53.0 cm³/mol. The number of rotatable bonds is 6. The van der Waals surface area contributed by atoms with Gasteiger partial charge in [-0.3, -0.25) is 0 Å². The number of aliphatic hydroxyl groups excluding tert-OH is 1. The zero-order valence-corrected chi connectivity index (χ0v) is 9.87. The van der Waals surface area contributed by atoms with E-state index in [9.17, 15) is 18.7 Å². The molecular weight excluding hydrogens is 222 g/mol. The van der Waals surface area contributed by atoms with E-state index in [2.05, 4.69) is 4.74 Å². The molecule has 0 rings (SSSR count). The smallest absolute Gasteiger partial charge is 0.379 e. The summed E-state index contributed by atoms with van der Waals surface area (Å²) in [5.74, 6) is -5.74. The summed E-state index contributed by atoms with van der Waals surface area (Å²) in [7, 11) is 0.877. The third-order valence-electron chi connectivity index (χ3n) is 2.11. The van der Waals surface area contributed by atoms with E-state index in [1.807, 2.05) is 0 Å². The molecule has 6 heteroatoms. The number of esters is 1. The zero-order chi connectivity index (χ0) is 12.9. The first-order valence-electron chi connectivity index (χ1n) is 5.07. The maximum atomic E-state index is 13.4. The van der Waals surface area contributed by atoms with Crippen molar-refractivity contribution in [3.63, 3.8) is 0 Å². The van der Waals surface area contributed by atoms with Crippen molar-refractivity contribution in [1.29, 1.82) is 0 Å². The van der Waals surface area contributed by atoms with E-state index >= 15 is 0 Å². The second-order valence-electron chi connectivity index (χ2n) is 3.78. The van der Waals surface area contributed by atoms with Crippen molar-refractivity contribution in [2.75, 3.05) is 7.11 Å². The number of alkyl halides is 2. The number of ether oxygens (including phenoxy) is 2. The van der Waals surface area contributed by atoms with Crippen molar-refractivity contribution in [3.8, 4) is 0 Å². The van der Waals surface area contributed by atoms with Crippen LogP contribution in [-0.2, 0) is 14.3 Å². The van der Waals surface area contributed by atoms with Crippen molar-refractivity contribution in [3.05, 3.63) is 0 Å². The Morgan fingerprint density at radius 3 is 2.25 bits per heavy atom. The highest BCUT2D eigenvalue weighted by molar-refractivity contribution is 5.78. The fraction of sp³-hybridized carbons (Fsp3) is 0.900. The molecule has 0 bridgehead atoms. The van der Waals surface area contributed by atoms with E-state index in [0.29, 0.717) is 0 Å². The van der Waals surface area contributed by atoms with Gasteiger partial charge in [-0.05, 0) is 6.42 Å². The Morgan fingerprint density at radius 2 is 1.94 bits per heavy atom. The molecule has 0 heterocycles. The van der Waals surface area contributed by atoms with Crippen LogP contribution in [0.2, 0.25) is 0 Å². The van der Waals surface area contributed by atoms with Gasteiger partial charge >= 0.3 is 11.9 Å². The van der Waals surface area contributed by atoms with Crippen LogP contribution in [0, 0.1) is 5.92 Å². The molecule has 2 unspecified atom stereocenters. The summed E-state index contributed by atoms with van der Waals surface area (Å²) in [6, 6.07) is 0. The Hall–Kier alpha value is -0.750. The van der Waals surface area contributed by atoms with E-state index in [4.69, 9.17) is 4.74 Å². The quantitative estimate of drug-likeness (QED) is 0.565. The Kier molecular flexibility index (Phi) is 5.81. The molecule has 0 aliphatic carbocycles. The Bertz CT molecular complexity index is 231. The lowest BCUT2D eigenvalue weighted by molar-refractivity contribution is -0.232. The first-order valence-corrected chi connectivity index (χ1v) is 5.07. The molecule has 0 saturated carbocycles. The molecule has 0 fully saturated rings. The molecule has 2 atom stereocenters. The molecule has 0 aliphatic rings. The molecule has 0 spiro atoms. The third-order valence-corrected chi connectivity index (χ3v) is 2.11. The van der Waals surface area contributed by atoms with Crippen molar-refractivity contribution in [2.24, 2.45) is 5.92 Å². The molecule has 0 aromatic heterocycles. The number of methoxy groups -OCH3 is 1. The molecule has 0 radical (unpaired) electrons. The summed E-state index contributed by atoms with van der Waals surface area (Å²) in [5.41, 5.74) is 0. The lowest BCUT2D eigenvalue weighted by atomic mass is 10.1. The average molecular weight is 240 g/mol. The monoisotopic (exact) mass is 240 g/mol. The molecule has 16 heavy (non-hydrogen) atoms. The fourth-order valence-corrected chi connectivity index (χ4v) is 1.03. The van der Waals surface area contributed by atoms with Crippen LogP contribution >= 0.6 is 0 Å². The second kappa shape index (κ2) is 6.10. The summed E-state index contributed by atoms with van der Waals surface area (Å²) < 4.78 is 35.5. The first kappa shape index (κ1) is 15.2. The minimum Gasteiger partial charge on any atom is -0.465 e. The van der Waals surface area contributed by atoms with Gasteiger partial charge in [0.25, 0.3) is 0 Å². The van der Waals surface area contributed by atoms with Gasteiger partial charge in [0.2, 0.25) is 0 Å². The number of carbonyl (C=O) groups is 1. The summed E-state index contributed by atoms with van der Waals surface area (Å²) >= 11 is 0. The molecule has 0 aliphatic heterocycles. The Balaban J connectivity index is 4.66. The normalized spacial score (nSPS) is 16.0. The molecule has 0 saturated heterocycles. The lowest BCUT2D eigenvalue weighted by Crippen LogP contribution is -2.46. The van der Waals surface area contributed by atoms with Gasteiger partial charge in [-0.2, -0.15) is 8.78 Å². The second-order valence-corrected chi connectivity index (χ2v) is 3.78. The van der Waals surface area contributed by atoms with Crippen LogP contribution in [0.15, 0.2) is 0 Å². The average Bonchev–Trinajstić information content (AvgIpc) is 2.23. The predicted octanol–water partition coefficient (Wildman–Crippen LogP) is 1.56. The molecule has 96 valence electrons. The molecule has 0 aromatic carbocycles. The fourth-order valence-electron chi connectivity index (χ4n) is 1.03. The zero-order valence-electron chi connectivity index (χ0n) is 9.87. The van der Waals surface area contributed by atoms with E-state index in [1.54, 1.807) is 13.8 Å².